The lowest BCUT2D eigenvalue weighted by Gasteiger charge is -2.11. The first kappa shape index (κ1) is 13.2. The summed E-state index contributed by atoms with van der Waals surface area (Å²) in [4.78, 5) is 10.8. The number of aromatic carboxylic acids is 1. The van der Waals surface area contributed by atoms with Crippen molar-refractivity contribution in [1.82, 2.24) is 0 Å². The first-order chi connectivity index (χ1) is 8.97. The molecule has 4 N–H and O–H groups in total. The maximum Gasteiger partial charge on any atom is 0.335 e. The summed E-state index contributed by atoms with van der Waals surface area (Å²) in [5, 5.41) is 12.0. The van der Waals surface area contributed by atoms with Gasteiger partial charge in [-0.2, -0.15) is 0 Å². The predicted molar refractivity (Wildman–Crippen MR) is 72.5 cm³/mol. The van der Waals surface area contributed by atoms with Crippen LogP contribution in [0.4, 0.5) is 21.5 Å². The second kappa shape index (κ2) is 5.16. The van der Waals surface area contributed by atoms with Gasteiger partial charge in [-0.25, -0.2) is 9.18 Å². The summed E-state index contributed by atoms with van der Waals surface area (Å²) in [6.45, 7) is 0. The molecule has 0 heterocycles. The van der Waals surface area contributed by atoms with E-state index in [1.54, 1.807) is 0 Å². The smallest absolute Gasteiger partial charge is 0.335 e. The number of hydrogen-bond acceptors (Lipinski definition) is 3. The Morgan fingerprint density at radius 2 is 1.95 bits per heavy atom. The fourth-order valence-electron chi connectivity index (χ4n) is 1.55. The number of nitrogen functional groups attached to an aromatic ring is 1. The molecule has 2 aromatic carbocycles. The van der Waals surface area contributed by atoms with E-state index in [4.69, 9.17) is 22.4 Å². The molecule has 0 atom stereocenters. The van der Waals surface area contributed by atoms with E-state index in [0.29, 0.717) is 16.4 Å². The van der Waals surface area contributed by atoms with Crippen molar-refractivity contribution >= 4 is 34.6 Å². The highest BCUT2D eigenvalue weighted by Crippen LogP contribution is 2.29. The second-order valence-electron chi connectivity index (χ2n) is 3.86. The van der Waals surface area contributed by atoms with Crippen molar-refractivity contribution in [3.05, 3.63) is 52.8 Å². The van der Waals surface area contributed by atoms with Crippen molar-refractivity contribution in [3.63, 3.8) is 0 Å². The summed E-state index contributed by atoms with van der Waals surface area (Å²) in [5.74, 6) is -1.50. The molecule has 0 spiro atoms. The third-order valence-corrected chi connectivity index (χ3v) is 2.83. The number of nitrogens with two attached hydrogens (primary N) is 1. The molecule has 0 saturated heterocycles. The number of carboxylic acid groups (broad SMARTS) is 1. The molecule has 19 heavy (non-hydrogen) atoms. The van der Waals surface area contributed by atoms with Crippen LogP contribution >= 0.6 is 11.6 Å². The number of anilines is 3. The zero-order valence-corrected chi connectivity index (χ0v) is 10.4. The lowest BCUT2D eigenvalue weighted by molar-refractivity contribution is 0.0697. The molecule has 0 fully saturated rings. The number of halogens is 2. The number of benzene rings is 2. The van der Waals surface area contributed by atoms with E-state index < -0.39 is 11.8 Å². The highest BCUT2D eigenvalue weighted by molar-refractivity contribution is 6.33. The van der Waals surface area contributed by atoms with Crippen molar-refractivity contribution in [1.29, 1.82) is 0 Å². The molecule has 0 aliphatic rings. The van der Waals surface area contributed by atoms with Gasteiger partial charge in [0.1, 0.15) is 5.82 Å². The normalized spacial score (nSPS) is 10.2. The minimum Gasteiger partial charge on any atom is -0.478 e. The summed E-state index contributed by atoms with van der Waals surface area (Å²) in [6.07, 6.45) is 0. The van der Waals surface area contributed by atoms with Crippen LogP contribution in [0, 0.1) is 5.82 Å². The van der Waals surface area contributed by atoms with Crippen LogP contribution in [0.3, 0.4) is 0 Å². The molecule has 98 valence electrons. The summed E-state index contributed by atoms with van der Waals surface area (Å²) >= 11 is 5.92. The fourth-order valence-corrected chi connectivity index (χ4v) is 1.71. The number of carbonyl (C=O) groups is 1. The number of rotatable bonds is 3. The lowest BCUT2D eigenvalue weighted by Crippen LogP contribution is -2.01. The first-order valence-electron chi connectivity index (χ1n) is 5.32. The Morgan fingerprint density at radius 1 is 1.21 bits per heavy atom. The Bertz CT molecular complexity index is 647. The van der Waals surface area contributed by atoms with Crippen LogP contribution in [0.5, 0.6) is 0 Å². The zero-order chi connectivity index (χ0) is 14.0. The second-order valence-corrected chi connectivity index (χ2v) is 4.26. The van der Waals surface area contributed by atoms with Crippen LogP contribution in [0.2, 0.25) is 5.02 Å². The summed E-state index contributed by atoms with van der Waals surface area (Å²) in [6, 6.07) is 8.10. The van der Waals surface area contributed by atoms with E-state index >= 15 is 0 Å². The lowest BCUT2D eigenvalue weighted by atomic mass is 10.1. The van der Waals surface area contributed by atoms with Gasteiger partial charge in [-0.15, -0.1) is 0 Å². The van der Waals surface area contributed by atoms with E-state index in [1.807, 2.05) is 0 Å². The van der Waals surface area contributed by atoms with Gasteiger partial charge >= 0.3 is 5.97 Å². The molecule has 0 aliphatic carbocycles. The van der Waals surface area contributed by atoms with Gasteiger partial charge in [-0.1, -0.05) is 11.6 Å². The zero-order valence-electron chi connectivity index (χ0n) is 9.65. The molecule has 0 radical (unpaired) electrons. The van der Waals surface area contributed by atoms with Gasteiger partial charge < -0.3 is 16.2 Å². The minimum absolute atomic E-state index is 0.0772. The average Bonchev–Trinajstić information content (AvgIpc) is 2.36. The highest BCUT2D eigenvalue weighted by atomic mass is 35.5. The van der Waals surface area contributed by atoms with Gasteiger partial charge in [-0.05, 0) is 36.4 Å². The Labute approximate surface area is 113 Å². The molecule has 0 aliphatic heterocycles. The number of nitrogens with one attached hydrogen (secondary N) is 1. The Kier molecular flexibility index (Phi) is 3.57. The SMILES string of the molecule is Nc1cc(C(=O)O)ccc1Nc1cc(F)ccc1Cl. The molecule has 6 heteroatoms. The van der Waals surface area contributed by atoms with Gasteiger partial charge in [0.05, 0.1) is 27.6 Å². The van der Waals surface area contributed by atoms with Crippen LogP contribution in [-0.2, 0) is 0 Å². The third kappa shape index (κ3) is 2.95. The molecular formula is C13H10ClFN2O2. The van der Waals surface area contributed by atoms with Crippen molar-refractivity contribution in [3.8, 4) is 0 Å². The van der Waals surface area contributed by atoms with Gasteiger partial charge in [-0.3, -0.25) is 0 Å². The van der Waals surface area contributed by atoms with Crippen LogP contribution in [0.25, 0.3) is 0 Å². The molecule has 0 aromatic heterocycles. The van der Waals surface area contributed by atoms with E-state index in [2.05, 4.69) is 5.32 Å². The monoisotopic (exact) mass is 280 g/mol. The van der Waals surface area contributed by atoms with Crippen molar-refractivity contribution in [2.24, 2.45) is 0 Å². The predicted octanol–water partition coefficient (Wildman–Crippen LogP) is 3.50. The first-order valence-corrected chi connectivity index (χ1v) is 5.70. The van der Waals surface area contributed by atoms with Crippen molar-refractivity contribution in [2.75, 3.05) is 11.1 Å². The standard InChI is InChI=1S/C13H10ClFN2O2/c14-9-3-2-8(15)6-12(9)17-11-4-1-7(13(18)19)5-10(11)16/h1-6,17H,16H2,(H,18,19). The van der Waals surface area contributed by atoms with Crippen LogP contribution in [0.1, 0.15) is 10.4 Å². The quantitative estimate of drug-likeness (QED) is 0.752. The van der Waals surface area contributed by atoms with Crippen LogP contribution < -0.4 is 11.1 Å². The fraction of sp³-hybridized carbons (Fsp3) is 0. The van der Waals surface area contributed by atoms with Gasteiger partial charge in [0, 0.05) is 0 Å². The van der Waals surface area contributed by atoms with Gasteiger partial charge in [0.15, 0.2) is 0 Å². The maximum atomic E-state index is 13.1. The van der Waals surface area contributed by atoms with Crippen LogP contribution in [-0.4, -0.2) is 11.1 Å². The molecule has 0 amide bonds. The van der Waals surface area contributed by atoms with Gasteiger partial charge in [0.25, 0.3) is 0 Å². The third-order valence-electron chi connectivity index (χ3n) is 2.50. The molecule has 2 rings (SSSR count). The topological polar surface area (TPSA) is 75.4 Å². The molecular weight excluding hydrogens is 271 g/mol. The average molecular weight is 281 g/mol. The molecule has 0 saturated carbocycles. The minimum atomic E-state index is -1.07. The summed E-state index contributed by atoms with van der Waals surface area (Å²) in [7, 11) is 0. The Hall–Kier alpha value is -2.27. The number of carboxylic acids is 1. The molecule has 4 nitrogen and oxygen atoms in total. The number of hydrogen-bond donors (Lipinski definition) is 3. The van der Waals surface area contributed by atoms with Crippen molar-refractivity contribution in [2.45, 2.75) is 0 Å². The molecule has 0 unspecified atom stereocenters. The summed E-state index contributed by atoms with van der Waals surface area (Å²) in [5.41, 5.74) is 6.86. The van der Waals surface area contributed by atoms with Crippen LogP contribution in [0.15, 0.2) is 36.4 Å². The van der Waals surface area contributed by atoms with E-state index in [1.165, 1.54) is 36.4 Å². The largest absolute Gasteiger partial charge is 0.478 e. The van der Waals surface area contributed by atoms with E-state index in [9.17, 15) is 9.18 Å². The molecule has 2 aromatic rings. The Balaban J connectivity index is 2.33. The summed E-state index contributed by atoms with van der Waals surface area (Å²) < 4.78 is 13.1. The molecule has 0 bridgehead atoms. The Morgan fingerprint density at radius 3 is 2.58 bits per heavy atom. The highest BCUT2D eigenvalue weighted by Gasteiger charge is 2.08. The van der Waals surface area contributed by atoms with Crippen molar-refractivity contribution < 1.29 is 14.3 Å². The van der Waals surface area contributed by atoms with E-state index in [-0.39, 0.29) is 11.3 Å². The van der Waals surface area contributed by atoms with E-state index in [0.717, 1.165) is 0 Å². The van der Waals surface area contributed by atoms with Gasteiger partial charge in [0.2, 0.25) is 0 Å². The maximum absolute atomic E-state index is 13.1.